The summed E-state index contributed by atoms with van der Waals surface area (Å²) in [5.41, 5.74) is 1.20. The molecule has 1 aromatic carbocycles. The van der Waals surface area contributed by atoms with Crippen LogP contribution in [0.3, 0.4) is 0 Å². The fourth-order valence-corrected chi connectivity index (χ4v) is 3.47. The van der Waals surface area contributed by atoms with Crippen molar-refractivity contribution < 1.29 is 19.1 Å². The fraction of sp³-hybridized carbons (Fsp3) is 0.556. The quantitative estimate of drug-likeness (QED) is 0.799. The first-order chi connectivity index (χ1) is 11.1. The molecule has 0 spiro atoms. The van der Waals surface area contributed by atoms with Crippen molar-refractivity contribution >= 4 is 17.8 Å². The van der Waals surface area contributed by atoms with E-state index < -0.39 is 12.0 Å². The van der Waals surface area contributed by atoms with E-state index in [0.29, 0.717) is 31.1 Å². The van der Waals surface area contributed by atoms with Gasteiger partial charge in [-0.2, -0.15) is 0 Å². The van der Waals surface area contributed by atoms with Gasteiger partial charge in [0.25, 0.3) is 0 Å². The second-order valence-electron chi connectivity index (χ2n) is 6.47. The lowest BCUT2D eigenvalue weighted by molar-refractivity contribution is -0.155. The van der Waals surface area contributed by atoms with Gasteiger partial charge < -0.3 is 14.4 Å². The Kier molecular flexibility index (Phi) is 4.50. The zero-order chi connectivity index (χ0) is 16.4. The van der Waals surface area contributed by atoms with E-state index in [1.54, 1.807) is 14.0 Å². The molecule has 5 nitrogen and oxygen atoms in total. The SMILES string of the molecule is COC1CN(c2ccc(C3CCC(=O)CC3)cc2)C(C)(C=O)O1. The van der Waals surface area contributed by atoms with E-state index in [0.717, 1.165) is 24.8 Å². The smallest absolute Gasteiger partial charge is 0.198 e. The number of rotatable bonds is 4. The molecule has 0 amide bonds. The molecule has 2 unspecified atom stereocenters. The summed E-state index contributed by atoms with van der Waals surface area (Å²) in [6.07, 6.45) is 3.64. The number of Topliss-reactive ketones (excluding diaryl/α,β-unsaturated/α-hetero) is 1. The maximum Gasteiger partial charge on any atom is 0.198 e. The number of carbonyl (C=O) groups excluding carboxylic acids is 2. The zero-order valence-electron chi connectivity index (χ0n) is 13.7. The molecule has 1 aliphatic heterocycles. The van der Waals surface area contributed by atoms with Gasteiger partial charge in [0.15, 0.2) is 18.3 Å². The van der Waals surface area contributed by atoms with E-state index in [9.17, 15) is 9.59 Å². The van der Waals surface area contributed by atoms with Crippen molar-refractivity contribution in [2.75, 3.05) is 18.6 Å². The van der Waals surface area contributed by atoms with Gasteiger partial charge in [-0.25, -0.2) is 0 Å². The van der Waals surface area contributed by atoms with Gasteiger partial charge in [-0.1, -0.05) is 12.1 Å². The molecule has 0 radical (unpaired) electrons. The van der Waals surface area contributed by atoms with Gasteiger partial charge >= 0.3 is 0 Å². The predicted octanol–water partition coefficient (Wildman–Crippen LogP) is 2.64. The summed E-state index contributed by atoms with van der Waals surface area (Å²) in [4.78, 5) is 24.8. The molecule has 0 bridgehead atoms. The van der Waals surface area contributed by atoms with Gasteiger partial charge in [0.2, 0.25) is 0 Å². The minimum absolute atomic E-state index is 0.374. The summed E-state index contributed by atoms with van der Waals surface area (Å²) < 4.78 is 10.9. The Bertz CT molecular complexity index is 575. The van der Waals surface area contributed by atoms with Gasteiger partial charge in [-0.3, -0.25) is 9.59 Å². The molecule has 3 rings (SSSR count). The van der Waals surface area contributed by atoms with Crippen LogP contribution in [0.1, 0.15) is 44.1 Å². The van der Waals surface area contributed by atoms with Crippen molar-refractivity contribution in [3.05, 3.63) is 29.8 Å². The van der Waals surface area contributed by atoms with Gasteiger partial charge in [-0.15, -0.1) is 0 Å². The lowest BCUT2D eigenvalue weighted by Gasteiger charge is -2.30. The number of nitrogens with zero attached hydrogens (tertiary/aromatic N) is 1. The number of ether oxygens (including phenoxy) is 2. The lowest BCUT2D eigenvalue weighted by Crippen LogP contribution is -2.43. The van der Waals surface area contributed by atoms with Crippen LogP contribution in [0.2, 0.25) is 0 Å². The Morgan fingerprint density at radius 1 is 1.26 bits per heavy atom. The highest BCUT2D eigenvalue weighted by Crippen LogP contribution is 2.35. The van der Waals surface area contributed by atoms with Crippen LogP contribution >= 0.6 is 0 Å². The van der Waals surface area contributed by atoms with Crippen molar-refractivity contribution in [2.24, 2.45) is 0 Å². The molecule has 1 saturated heterocycles. The Morgan fingerprint density at radius 2 is 1.91 bits per heavy atom. The van der Waals surface area contributed by atoms with E-state index >= 15 is 0 Å². The first-order valence-corrected chi connectivity index (χ1v) is 8.12. The summed E-state index contributed by atoms with van der Waals surface area (Å²) in [5.74, 6) is 0.834. The molecule has 1 saturated carbocycles. The second-order valence-corrected chi connectivity index (χ2v) is 6.47. The first-order valence-electron chi connectivity index (χ1n) is 8.12. The van der Waals surface area contributed by atoms with Crippen LogP contribution in [0.25, 0.3) is 0 Å². The van der Waals surface area contributed by atoms with E-state index in [1.165, 1.54) is 5.56 Å². The van der Waals surface area contributed by atoms with Crippen molar-refractivity contribution in [1.29, 1.82) is 0 Å². The summed E-state index contributed by atoms with van der Waals surface area (Å²) in [6.45, 7) is 2.27. The van der Waals surface area contributed by atoms with Gasteiger partial charge in [0, 0.05) is 25.6 Å². The van der Waals surface area contributed by atoms with Crippen LogP contribution in [0.5, 0.6) is 0 Å². The molecule has 2 aliphatic rings. The fourth-order valence-electron chi connectivity index (χ4n) is 3.47. The van der Waals surface area contributed by atoms with Crippen molar-refractivity contribution in [3.8, 4) is 0 Å². The molecule has 0 N–H and O–H groups in total. The first kappa shape index (κ1) is 16.1. The number of ketones is 1. The van der Waals surface area contributed by atoms with Crippen LogP contribution in [0, 0.1) is 0 Å². The standard InChI is InChI=1S/C18H23NO4/c1-18(12-20)19(11-17(22-2)23-18)15-7-3-13(4-8-15)14-5-9-16(21)10-6-14/h3-4,7-8,12,14,17H,5-6,9-11H2,1-2H3. The number of aldehydes is 1. The normalized spacial score (nSPS) is 29.0. The minimum Gasteiger partial charge on any atom is -0.354 e. The molecule has 1 aromatic rings. The summed E-state index contributed by atoms with van der Waals surface area (Å²) in [5, 5.41) is 0. The lowest BCUT2D eigenvalue weighted by atomic mass is 9.83. The second kappa shape index (κ2) is 6.42. The van der Waals surface area contributed by atoms with Crippen molar-refractivity contribution in [1.82, 2.24) is 0 Å². The minimum atomic E-state index is -1.00. The molecule has 124 valence electrons. The Morgan fingerprint density at radius 3 is 2.48 bits per heavy atom. The third-order valence-corrected chi connectivity index (χ3v) is 4.94. The van der Waals surface area contributed by atoms with Crippen molar-refractivity contribution in [2.45, 2.75) is 50.5 Å². The van der Waals surface area contributed by atoms with Crippen molar-refractivity contribution in [3.63, 3.8) is 0 Å². The van der Waals surface area contributed by atoms with Crippen LogP contribution < -0.4 is 4.90 Å². The van der Waals surface area contributed by atoms with Gasteiger partial charge in [0.05, 0.1) is 6.54 Å². The third kappa shape index (κ3) is 3.16. The van der Waals surface area contributed by atoms with Gasteiger partial charge in [0.1, 0.15) is 5.78 Å². The average molecular weight is 317 g/mol. The van der Waals surface area contributed by atoms with E-state index in [-0.39, 0.29) is 0 Å². The number of anilines is 1. The van der Waals surface area contributed by atoms with Crippen LogP contribution in [-0.2, 0) is 19.1 Å². The van der Waals surface area contributed by atoms with E-state index in [2.05, 4.69) is 12.1 Å². The zero-order valence-corrected chi connectivity index (χ0v) is 13.7. The molecule has 0 aromatic heterocycles. The topological polar surface area (TPSA) is 55.8 Å². The number of methoxy groups -OCH3 is 1. The van der Waals surface area contributed by atoms with Crippen LogP contribution in [0.4, 0.5) is 5.69 Å². The summed E-state index contributed by atoms with van der Waals surface area (Å²) in [7, 11) is 1.58. The Hall–Kier alpha value is -1.72. The average Bonchev–Trinajstić information content (AvgIpc) is 2.93. The molecule has 2 atom stereocenters. The molecule has 1 aliphatic carbocycles. The van der Waals surface area contributed by atoms with Gasteiger partial charge in [-0.05, 0) is 43.4 Å². The maximum absolute atomic E-state index is 11.5. The monoisotopic (exact) mass is 317 g/mol. The van der Waals surface area contributed by atoms with Crippen LogP contribution in [0.15, 0.2) is 24.3 Å². The molecule has 1 heterocycles. The maximum atomic E-state index is 11.5. The number of hydrogen-bond donors (Lipinski definition) is 0. The molecular weight excluding hydrogens is 294 g/mol. The molecular formula is C18H23NO4. The van der Waals surface area contributed by atoms with E-state index in [4.69, 9.17) is 9.47 Å². The highest BCUT2D eigenvalue weighted by Gasteiger charge is 2.43. The summed E-state index contributed by atoms with van der Waals surface area (Å²) >= 11 is 0. The third-order valence-electron chi connectivity index (χ3n) is 4.94. The number of benzene rings is 1. The number of hydrogen-bond acceptors (Lipinski definition) is 5. The Balaban J connectivity index is 1.76. The largest absolute Gasteiger partial charge is 0.354 e. The van der Waals surface area contributed by atoms with Crippen LogP contribution in [-0.4, -0.2) is 37.7 Å². The highest BCUT2D eigenvalue weighted by molar-refractivity contribution is 5.79. The van der Waals surface area contributed by atoms with E-state index in [1.807, 2.05) is 17.0 Å². The number of carbonyl (C=O) groups is 2. The molecule has 2 fully saturated rings. The molecule has 23 heavy (non-hydrogen) atoms. The highest BCUT2D eigenvalue weighted by atomic mass is 16.7. The molecule has 5 heteroatoms. The summed E-state index contributed by atoms with van der Waals surface area (Å²) in [6, 6.07) is 8.24. The Labute approximate surface area is 136 Å². The predicted molar refractivity (Wildman–Crippen MR) is 86.4 cm³/mol.